The van der Waals surface area contributed by atoms with Crippen molar-refractivity contribution >= 4 is 0 Å². The van der Waals surface area contributed by atoms with E-state index in [-0.39, 0.29) is 12.3 Å². The highest BCUT2D eigenvalue weighted by Gasteiger charge is 2.32. The normalized spacial score (nSPS) is 17.3. The maximum Gasteiger partial charge on any atom is 0.132 e. The minimum absolute atomic E-state index is 0.0316. The zero-order valence-electron chi connectivity index (χ0n) is 18.5. The number of nitrogens with zero attached hydrogens (tertiary/aromatic N) is 8. The summed E-state index contributed by atoms with van der Waals surface area (Å²) in [5, 5.41) is 16.9. The molecule has 32 heavy (non-hydrogen) atoms. The molecule has 164 valence electrons. The SMILES string of the molecule is Cc1ccccc1C(N1CCN(C(c2ccccc2C)n2ccnn2)CC1)n1ccnn1. The van der Waals surface area contributed by atoms with Crippen molar-refractivity contribution in [3.05, 3.63) is 95.6 Å². The Bertz CT molecular complexity index is 1040. The summed E-state index contributed by atoms with van der Waals surface area (Å²) in [6, 6.07) is 17.1. The van der Waals surface area contributed by atoms with Crippen molar-refractivity contribution in [1.29, 1.82) is 0 Å². The third-order valence-electron chi connectivity index (χ3n) is 6.36. The van der Waals surface area contributed by atoms with Crippen molar-refractivity contribution in [2.24, 2.45) is 0 Å². The summed E-state index contributed by atoms with van der Waals surface area (Å²) in [7, 11) is 0. The number of rotatable bonds is 6. The van der Waals surface area contributed by atoms with E-state index in [1.165, 1.54) is 22.3 Å². The summed E-state index contributed by atoms with van der Waals surface area (Å²) in [5.74, 6) is 0. The summed E-state index contributed by atoms with van der Waals surface area (Å²) in [6.07, 6.45) is 7.47. The Morgan fingerprint density at radius 3 is 1.38 bits per heavy atom. The molecule has 0 aliphatic carbocycles. The second kappa shape index (κ2) is 9.02. The lowest BCUT2D eigenvalue weighted by atomic mass is 10.0. The Morgan fingerprint density at radius 2 is 1.03 bits per heavy atom. The third-order valence-corrected chi connectivity index (χ3v) is 6.36. The van der Waals surface area contributed by atoms with Crippen LogP contribution >= 0.6 is 0 Å². The van der Waals surface area contributed by atoms with Crippen LogP contribution in [-0.2, 0) is 0 Å². The van der Waals surface area contributed by atoms with Gasteiger partial charge in [-0.05, 0) is 36.1 Å². The predicted octanol–water partition coefficient (Wildman–Crippen LogP) is 2.90. The van der Waals surface area contributed by atoms with Gasteiger partial charge in [0.2, 0.25) is 0 Å². The average molecular weight is 429 g/mol. The Morgan fingerprint density at radius 1 is 0.625 bits per heavy atom. The highest BCUT2D eigenvalue weighted by atomic mass is 15.5. The van der Waals surface area contributed by atoms with Crippen molar-refractivity contribution < 1.29 is 0 Å². The van der Waals surface area contributed by atoms with Crippen LogP contribution in [0.4, 0.5) is 0 Å². The first-order chi connectivity index (χ1) is 15.7. The molecular weight excluding hydrogens is 400 g/mol. The maximum absolute atomic E-state index is 4.35. The number of hydrogen-bond acceptors (Lipinski definition) is 6. The summed E-state index contributed by atoms with van der Waals surface area (Å²) in [4.78, 5) is 4.98. The first kappa shape index (κ1) is 20.5. The van der Waals surface area contributed by atoms with Crippen molar-refractivity contribution in [3.8, 4) is 0 Å². The molecule has 0 spiro atoms. The van der Waals surface area contributed by atoms with Crippen LogP contribution in [0.1, 0.15) is 34.6 Å². The molecule has 3 heterocycles. The zero-order chi connectivity index (χ0) is 21.9. The molecule has 2 atom stereocenters. The predicted molar refractivity (Wildman–Crippen MR) is 122 cm³/mol. The second-order valence-corrected chi connectivity index (χ2v) is 8.30. The molecule has 1 aliphatic heterocycles. The molecule has 0 amide bonds. The fourth-order valence-electron chi connectivity index (χ4n) is 4.69. The van der Waals surface area contributed by atoms with Crippen molar-refractivity contribution in [1.82, 2.24) is 39.8 Å². The molecule has 1 saturated heterocycles. The van der Waals surface area contributed by atoms with Gasteiger partial charge in [-0.1, -0.05) is 59.0 Å². The van der Waals surface area contributed by atoms with Crippen LogP contribution in [0.25, 0.3) is 0 Å². The first-order valence-electron chi connectivity index (χ1n) is 11.0. The quantitative estimate of drug-likeness (QED) is 0.470. The van der Waals surface area contributed by atoms with E-state index in [1.54, 1.807) is 12.4 Å². The van der Waals surface area contributed by atoms with Gasteiger partial charge >= 0.3 is 0 Å². The number of hydrogen-bond donors (Lipinski definition) is 0. The van der Waals surface area contributed by atoms with E-state index in [9.17, 15) is 0 Å². The third kappa shape index (κ3) is 3.94. The van der Waals surface area contributed by atoms with E-state index in [0.29, 0.717) is 0 Å². The molecule has 8 nitrogen and oxygen atoms in total. The van der Waals surface area contributed by atoms with Gasteiger partial charge in [-0.2, -0.15) is 0 Å². The molecule has 0 bridgehead atoms. The molecule has 4 aromatic rings. The molecule has 0 saturated carbocycles. The maximum atomic E-state index is 4.35. The van der Waals surface area contributed by atoms with Crippen LogP contribution < -0.4 is 0 Å². The molecular formula is C24H28N8. The van der Waals surface area contributed by atoms with Crippen LogP contribution in [-0.4, -0.2) is 66.0 Å². The summed E-state index contributed by atoms with van der Waals surface area (Å²) < 4.78 is 3.93. The largest absolute Gasteiger partial charge is 0.276 e. The van der Waals surface area contributed by atoms with Crippen molar-refractivity contribution in [2.45, 2.75) is 26.2 Å². The van der Waals surface area contributed by atoms with Gasteiger partial charge in [0.15, 0.2) is 0 Å². The molecule has 1 fully saturated rings. The average Bonchev–Trinajstić information content (AvgIpc) is 3.53. The molecule has 2 aromatic heterocycles. The fraction of sp³-hybridized carbons (Fsp3) is 0.333. The van der Waals surface area contributed by atoms with Crippen LogP contribution in [0, 0.1) is 13.8 Å². The molecule has 0 N–H and O–H groups in total. The Balaban J connectivity index is 1.41. The molecule has 8 heteroatoms. The second-order valence-electron chi connectivity index (χ2n) is 8.30. The standard InChI is InChI=1S/C24H28N8/c1-19-7-3-5-9-21(19)23(31-13-11-25-27-31)29-15-17-30(18-16-29)24(32-14-12-26-28-32)22-10-6-4-8-20(22)2/h3-14,23-24H,15-18H2,1-2H3. The van der Waals surface area contributed by atoms with E-state index >= 15 is 0 Å². The Hall–Kier alpha value is -3.36. The highest BCUT2D eigenvalue weighted by molar-refractivity contribution is 5.30. The topological polar surface area (TPSA) is 67.9 Å². The van der Waals surface area contributed by atoms with Gasteiger partial charge in [0, 0.05) is 38.6 Å². The van der Waals surface area contributed by atoms with Crippen LogP contribution in [0.5, 0.6) is 0 Å². The molecule has 1 aliphatic rings. The van der Waals surface area contributed by atoms with Gasteiger partial charge < -0.3 is 0 Å². The summed E-state index contributed by atoms with van der Waals surface area (Å²) in [6.45, 7) is 7.97. The van der Waals surface area contributed by atoms with E-state index in [0.717, 1.165) is 26.2 Å². The van der Waals surface area contributed by atoms with E-state index in [2.05, 4.69) is 92.8 Å². The van der Waals surface area contributed by atoms with Crippen molar-refractivity contribution in [2.75, 3.05) is 26.2 Å². The molecule has 2 aromatic carbocycles. The van der Waals surface area contributed by atoms with Crippen molar-refractivity contribution in [3.63, 3.8) is 0 Å². The van der Waals surface area contributed by atoms with Gasteiger partial charge in [0.25, 0.3) is 0 Å². The number of benzene rings is 2. The van der Waals surface area contributed by atoms with E-state index in [4.69, 9.17) is 0 Å². The lowest BCUT2D eigenvalue weighted by Gasteiger charge is -2.42. The van der Waals surface area contributed by atoms with Gasteiger partial charge in [-0.3, -0.25) is 9.80 Å². The highest BCUT2D eigenvalue weighted by Crippen LogP contribution is 2.30. The molecule has 2 unspecified atom stereocenters. The van der Waals surface area contributed by atoms with Gasteiger partial charge in [-0.15, -0.1) is 10.2 Å². The van der Waals surface area contributed by atoms with Crippen LogP contribution in [0.3, 0.4) is 0 Å². The first-order valence-corrected chi connectivity index (χ1v) is 11.0. The van der Waals surface area contributed by atoms with E-state index < -0.39 is 0 Å². The van der Waals surface area contributed by atoms with E-state index in [1.807, 2.05) is 21.8 Å². The van der Waals surface area contributed by atoms with Gasteiger partial charge in [0.05, 0.1) is 12.4 Å². The summed E-state index contributed by atoms with van der Waals surface area (Å²) in [5.41, 5.74) is 5.04. The molecule has 5 rings (SSSR count). The fourth-order valence-corrected chi connectivity index (χ4v) is 4.69. The number of aryl methyl sites for hydroxylation is 2. The number of aromatic nitrogens is 6. The van der Waals surface area contributed by atoms with Crippen LogP contribution in [0.2, 0.25) is 0 Å². The van der Waals surface area contributed by atoms with Crippen LogP contribution in [0.15, 0.2) is 73.3 Å². The monoisotopic (exact) mass is 428 g/mol. The molecule has 0 radical (unpaired) electrons. The lowest BCUT2D eigenvalue weighted by Crippen LogP contribution is -2.51. The smallest absolute Gasteiger partial charge is 0.132 e. The van der Waals surface area contributed by atoms with Gasteiger partial charge in [-0.25, -0.2) is 9.36 Å². The Labute approximate surface area is 188 Å². The van der Waals surface area contributed by atoms with Gasteiger partial charge in [0.1, 0.15) is 12.3 Å². The minimum Gasteiger partial charge on any atom is -0.276 e. The zero-order valence-corrected chi connectivity index (χ0v) is 18.5. The Kier molecular flexibility index (Phi) is 5.79. The number of piperazine rings is 1. The minimum atomic E-state index is 0.0316. The summed E-state index contributed by atoms with van der Waals surface area (Å²) >= 11 is 0. The lowest BCUT2D eigenvalue weighted by molar-refractivity contribution is 0.0416.